The van der Waals surface area contributed by atoms with Crippen LogP contribution in [0, 0.1) is 0 Å². The molecule has 0 saturated carbocycles. The summed E-state index contributed by atoms with van der Waals surface area (Å²) in [6, 6.07) is 10.8. The Morgan fingerprint density at radius 1 is 1.07 bits per heavy atom. The molecule has 3 rings (SSSR count). The second-order valence-corrected chi connectivity index (χ2v) is 8.28. The minimum absolute atomic E-state index is 0. The quantitative estimate of drug-likeness (QED) is 0.370. The number of benzene rings is 1. The van der Waals surface area contributed by atoms with Crippen LogP contribution in [0.4, 0.5) is 0 Å². The first-order chi connectivity index (χ1) is 13.1. The van der Waals surface area contributed by atoms with Crippen LogP contribution in [-0.4, -0.2) is 68.1 Å². The second kappa shape index (κ2) is 11.4. The lowest BCUT2D eigenvalue weighted by atomic mass is 9.84. The van der Waals surface area contributed by atoms with Crippen LogP contribution in [0.2, 0.25) is 0 Å². The van der Waals surface area contributed by atoms with Crippen LogP contribution in [-0.2, 0) is 0 Å². The first kappa shape index (κ1) is 23.4. The molecule has 2 saturated heterocycles. The summed E-state index contributed by atoms with van der Waals surface area (Å²) in [7, 11) is 4.12. The van der Waals surface area contributed by atoms with Crippen LogP contribution >= 0.6 is 24.0 Å². The molecule has 2 fully saturated rings. The lowest BCUT2D eigenvalue weighted by molar-refractivity contribution is 0.0173. The van der Waals surface area contributed by atoms with Gasteiger partial charge in [-0.15, -0.1) is 24.0 Å². The van der Waals surface area contributed by atoms with Crippen LogP contribution in [0.15, 0.2) is 35.3 Å². The zero-order valence-corrected chi connectivity index (χ0v) is 20.1. The van der Waals surface area contributed by atoms with Gasteiger partial charge < -0.3 is 15.5 Å². The van der Waals surface area contributed by atoms with Gasteiger partial charge in [-0.2, -0.15) is 0 Å². The molecule has 2 heterocycles. The monoisotopic (exact) mass is 499 g/mol. The van der Waals surface area contributed by atoms with E-state index in [1.54, 1.807) is 0 Å². The van der Waals surface area contributed by atoms with Crippen molar-refractivity contribution in [3.05, 3.63) is 35.9 Å². The van der Waals surface area contributed by atoms with Gasteiger partial charge in [-0.25, -0.2) is 0 Å². The number of likely N-dealkylation sites (tertiary alicyclic amines) is 2. The number of guanidine groups is 1. The number of piperidine rings is 2. The average Bonchev–Trinajstić information content (AvgIpc) is 2.73. The number of rotatable bonds is 5. The predicted octanol–water partition coefficient (Wildman–Crippen LogP) is 3.48. The van der Waals surface area contributed by atoms with E-state index in [1.807, 2.05) is 7.05 Å². The van der Waals surface area contributed by atoms with Gasteiger partial charge in [-0.05, 0) is 71.4 Å². The van der Waals surface area contributed by atoms with Crippen LogP contribution in [0.3, 0.4) is 0 Å². The third-order valence-electron chi connectivity index (χ3n) is 6.41. The van der Waals surface area contributed by atoms with E-state index in [-0.39, 0.29) is 35.6 Å². The number of nitrogens with one attached hydrogen (secondary N) is 2. The fourth-order valence-electron chi connectivity index (χ4n) is 4.48. The van der Waals surface area contributed by atoms with Gasteiger partial charge in [0.15, 0.2) is 5.96 Å². The average molecular weight is 499 g/mol. The Hall–Kier alpha value is -0.860. The van der Waals surface area contributed by atoms with E-state index < -0.39 is 0 Å². The lowest BCUT2D eigenvalue weighted by Crippen LogP contribution is -2.62. The van der Waals surface area contributed by atoms with Gasteiger partial charge in [0.05, 0.1) is 6.04 Å². The maximum atomic E-state index is 4.49. The molecule has 1 aromatic carbocycles. The highest BCUT2D eigenvalue weighted by Crippen LogP contribution is 2.30. The third kappa shape index (κ3) is 6.07. The Labute approximate surface area is 188 Å². The van der Waals surface area contributed by atoms with Crippen LogP contribution in [0.1, 0.15) is 50.6 Å². The Morgan fingerprint density at radius 2 is 1.71 bits per heavy atom. The topological polar surface area (TPSA) is 42.9 Å². The van der Waals surface area contributed by atoms with E-state index in [0.29, 0.717) is 0 Å². The minimum Gasteiger partial charge on any atom is -0.355 e. The van der Waals surface area contributed by atoms with E-state index in [0.717, 1.165) is 12.5 Å². The highest BCUT2D eigenvalue weighted by molar-refractivity contribution is 14.0. The zero-order chi connectivity index (χ0) is 19.1. The number of halogens is 1. The van der Waals surface area contributed by atoms with E-state index in [2.05, 4.69) is 69.7 Å². The normalized spacial score (nSPS) is 22.2. The van der Waals surface area contributed by atoms with Gasteiger partial charge in [0.25, 0.3) is 0 Å². The summed E-state index contributed by atoms with van der Waals surface area (Å²) in [4.78, 5) is 9.73. The van der Waals surface area contributed by atoms with Crippen molar-refractivity contribution < 1.29 is 0 Å². The van der Waals surface area contributed by atoms with Gasteiger partial charge in [0.2, 0.25) is 0 Å². The molecule has 5 nitrogen and oxygen atoms in total. The molecule has 6 heteroatoms. The summed E-state index contributed by atoms with van der Waals surface area (Å²) < 4.78 is 0. The molecule has 1 aromatic rings. The van der Waals surface area contributed by atoms with Gasteiger partial charge >= 0.3 is 0 Å². The van der Waals surface area contributed by atoms with E-state index in [1.165, 1.54) is 63.8 Å². The lowest BCUT2D eigenvalue weighted by Gasteiger charge is -2.50. The van der Waals surface area contributed by atoms with Gasteiger partial charge in [0.1, 0.15) is 0 Å². The molecular formula is C22H38IN5. The van der Waals surface area contributed by atoms with Crippen molar-refractivity contribution in [1.29, 1.82) is 0 Å². The van der Waals surface area contributed by atoms with Gasteiger partial charge in [-0.1, -0.05) is 36.8 Å². The molecule has 0 radical (unpaired) electrons. The summed E-state index contributed by atoms with van der Waals surface area (Å²) in [5.41, 5.74) is 1.55. The molecule has 0 aromatic heterocycles. The first-order valence-electron chi connectivity index (χ1n) is 10.6. The SMILES string of the molecule is CN=C(NCC1(N2CCCCC2)CCN(C)CC1)NC(C)c1ccccc1.I. The van der Waals surface area contributed by atoms with Crippen molar-refractivity contribution in [3.63, 3.8) is 0 Å². The molecule has 0 bridgehead atoms. The molecule has 28 heavy (non-hydrogen) atoms. The van der Waals surface area contributed by atoms with Crippen LogP contribution in [0.5, 0.6) is 0 Å². The van der Waals surface area contributed by atoms with Crippen molar-refractivity contribution in [2.45, 2.75) is 50.6 Å². The van der Waals surface area contributed by atoms with Gasteiger partial charge in [-0.3, -0.25) is 9.89 Å². The van der Waals surface area contributed by atoms with Crippen molar-refractivity contribution in [2.24, 2.45) is 4.99 Å². The number of aliphatic imine (C=N–C) groups is 1. The largest absolute Gasteiger partial charge is 0.355 e. The molecule has 1 unspecified atom stereocenters. The molecule has 2 aliphatic rings. The van der Waals surface area contributed by atoms with Crippen molar-refractivity contribution >= 4 is 29.9 Å². The zero-order valence-electron chi connectivity index (χ0n) is 17.8. The Kier molecular flexibility index (Phi) is 9.50. The molecule has 2 aliphatic heterocycles. The molecule has 0 aliphatic carbocycles. The molecular weight excluding hydrogens is 461 g/mol. The van der Waals surface area contributed by atoms with Crippen LogP contribution in [0.25, 0.3) is 0 Å². The molecule has 2 N–H and O–H groups in total. The van der Waals surface area contributed by atoms with Crippen molar-refractivity contribution in [2.75, 3.05) is 46.8 Å². The molecule has 1 atom stereocenters. The fourth-order valence-corrected chi connectivity index (χ4v) is 4.48. The fraction of sp³-hybridized carbons (Fsp3) is 0.682. The van der Waals surface area contributed by atoms with Crippen LogP contribution < -0.4 is 10.6 Å². The molecule has 158 valence electrons. The number of hydrogen-bond donors (Lipinski definition) is 2. The smallest absolute Gasteiger partial charge is 0.191 e. The Bertz CT molecular complexity index is 592. The third-order valence-corrected chi connectivity index (χ3v) is 6.41. The maximum absolute atomic E-state index is 4.49. The van der Waals surface area contributed by atoms with E-state index >= 15 is 0 Å². The van der Waals surface area contributed by atoms with Crippen molar-refractivity contribution in [3.8, 4) is 0 Å². The summed E-state index contributed by atoms with van der Waals surface area (Å²) in [5, 5.41) is 7.23. The predicted molar refractivity (Wildman–Crippen MR) is 130 cm³/mol. The Morgan fingerprint density at radius 3 is 2.32 bits per heavy atom. The molecule has 0 spiro atoms. The summed E-state index contributed by atoms with van der Waals surface area (Å²) in [5.74, 6) is 0.904. The number of hydrogen-bond acceptors (Lipinski definition) is 3. The molecule has 0 amide bonds. The standard InChI is InChI=1S/C22H37N5.HI/c1-19(20-10-6-4-7-11-20)25-21(23-2)24-18-22(12-16-26(3)17-13-22)27-14-8-5-9-15-27;/h4,6-7,10-11,19H,5,8-9,12-18H2,1-3H3,(H2,23,24,25);1H. The number of nitrogens with zero attached hydrogens (tertiary/aromatic N) is 3. The summed E-state index contributed by atoms with van der Waals surface area (Å²) in [6.07, 6.45) is 6.55. The second-order valence-electron chi connectivity index (χ2n) is 8.28. The maximum Gasteiger partial charge on any atom is 0.191 e. The highest BCUT2D eigenvalue weighted by Gasteiger charge is 2.39. The summed E-state index contributed by atoms with van der Waals surface area (Å²) in [6.45, 7) is 8.03. The van der Waals surface area contributed by atoms with E-state index in [9.17, 15) is 0 Å². The summed E-state index contributed by atoms with van der Waals surface area (Å²) >= 11 is 0. The minimum atomic E-state index is 0. The van der Waals surface area contributed by atoms with Crippen molar-refractivity contribution in [1.82, 2.24) is 20.4 Å². The highest BCUT2D eigenvalue weighted by atomic mass is 127. The van der Waals surface area contributed by atoms with Gasteiger partial charge in [0, 0.05) is 19.1 Å². The first-order valence-corrected chi connectivity index (χ1v) is 10.6. The Balaban J connectivity index is 0.00000280. The van der Waals surface area contributed by atoms with E-state index in [4.69, 9.17) is 0 Å².